The Morgan fingerprint density at radius 2 is 1.60 bits per heavy atom. The van der Waals surface area contributed by atoms with Crippen molar-refractivity contribution in [3.05, 3.63) is 59.2 Å². The summed E-state index contributed by atoms with van der Waals surface area (Å²) in [6.45, 7) is 4.76. The molecule has 1 saturated heterocycles. The Bertz CT molecular complexity index is 1080. The van der Waals surface area contributed by atoms with Crippen LogP contribution < -0.4 is 9.47 Å². The topological polar surface area (TPSA) is 63.6 Å². The molecule has 1 aliphatic carbocycles. The third kappa shape index (κ3) is 5.07. The number of fused-ring (bicyclic) bond motifs is 1. The summed E-state index contributed by atoms with van der Waals surface area (Å²) in [6.07, 6.45) is 4.13. The molecule has 2 atom stereocenters. The van der Waals surface area contributed by atoms with E-state index in [9.17, 15) is 4.79 Å². The maximum absolute atomic E-state index is 13.6. The first-order valence-corrected chi connectivity index (χ1v) is 12.7. The summed E-state index contributed by atoms with van der Waals surface area (Å²) in [5.41, 5.74) is 4.38. The molecule has 2 fully saturated rings. The smallest absolute Gasteiger partial charge is 0.246 e. The van der Waals surface area contributed by atoms with Gasteiger partial charge in [0.2, 0.25) is 5.91 Å². The fourth-order valence-electron chi connectivity index (χ4n) is 5.61. The Morgan fingerprint density at radius 1 is 0.914 bits per heavy atom. The van der Waals surface area contributed by atoms with E-state index < -0.39 is 0 Å². The van der Waals surface area contributed by atoms with Crippen LogP contribution in [0.2, 0.25) is 0 Å². The molecule has 0 unspecified atom stereocenters. The molecule has 1 amide bonds. The van der Waals surface area contributed by atoms with E-state index in [1.807, 2.05) is 18.2 Å². The Labute approximate surface area is 207 Å². The number of carbonyl (C=O) groups excluding carboxylic acids is 1. The SMILES string of the molecule is COc1ccc(C2=NN(Cc3ccccc3CN3CCOCC3)C(=O)[C@@H]3CCCC[C@H]23)cc1OC. The van der Waals surface area contributed by atoms with Crippen molar-refractivity contribution in [1.82, 2.24) is 9.91 Å². The summed E-state index contributed by atoms with van der Waals surface area (Å²) in [5, 5.41) is 6.72. The fraction of sp³-hybridized carbons (Fsp3) is 0.500. The maximum atomic E-state index is 13.6. The number of hydrazone groups is 1. The van der Waals surface area contributed by atoms with Gasteiger partial charge in [0, 0.05) is 37.0 Å². The minimum Gasteiger partial charge on any atom is -0.493 e. The molecule has 2 aromatic rings. The predicted octanol–water partition coefficient (Wildman–Crippen LogP) is 4.09. The number of amides is 1. The van der Waals surface area contributed by atoms with Gasteiger partial charge in [0.1, 0.15) is 0 Å². The van der Waals surface area contributed by atoms with Crippen molar-refractivity contribution in [2.45, 2.75) is 38.8 Å². The Morgan fingerprint density at radius 3 is 2.31 bits per heavy atom. The molecule has 186 valence electrons. The van der Waals surface area contributed by atoms with Crippen molar-refractivity contribution in [3.8, 4) is 11.5 Å². The van der Waals surface area contributed by atoms with Gasteiger partial charge in [0.05, 0.1) is 39.7 Å². The van der Waals surface area contributed by atoms with Crippen LogP contribution >= 0.6 is 0 Å². The first kappa shape index (κ1) is 23.8. The summed E-state index contributed by atoms with van der Waals surface area (Å²) < 4.78 is 16.5. The third-order valence-electron chi connectivity index (χ3n) is 7.53. The van der Waals surface area contributed by atoms with Gasteiger partial charge in [-0.15, -0.1) is 0 Å². The highest BCUT2D eigenvalue weighted by atomic mass is 16.5. The number of carbonyl (C=O) groups is 1. The zero-order valence-electron chi connectivity index (χ0n) is 20.7. The highest BCUT2D eigenvalue weighted by Crippen LogP contribution is 2.39. The third-order valence-corrected chi connectivity index (χ3v) is 7.53. The summed E-state index contributed by atoms with van der Waals surface area (Å²) >= 11 is 0. The van der Waals surface area contributed by atoms with Crippen LogP contribution in [0.1, 0.15) is 42.4 Å². The molecule has 0 spiro atoms. The number of benzene rings is 2. The number of morpholine rings is 1. The van der Waals surface area contributed by atoms with Crippen LogP contribution in [0.3, 0.4) is 0 Å². The van der Waals surface area contributed by atoms with E-state index in [0.29, 0.717) is 18.0 Å². The van der Waals surface area contributed by atoms with Crippen LogP contribution in [0.4, 0.5) is 0 Å². The zero-order chi connectivity index (χ0) is 24.2. The van der Waals surface area contributed by atoms with Crippen molar-refractivity contribution >= 4 is 11.6 Å². The molecule has 3 aliphatic rings. The average molecular weight is 478 g/mol. The van der Waals surface area contributed by atoms with E-state index in [4.69, 9.17) is 19.3 Å². The molecule has 1 saturated carbocycles. The van der Waals surface area contributed by atoms with Gasteiger partial charge in [0.25, 0.3) is 0 Å². The van der Waals surface area contributed by atoms with Crippen LogP contribution in [0.15, 0.2) is 47.6 Å². The Balaban J connectivity index is 1.46. The lowest BCUT2D eigenvalue weighted by atomic mass is 9.73. The molecule has 2 aliphatic heterocycles. The van der Waals surface area contributed by atoms with E-state index >= 15 is 0 Å². The van der Waals surface area contributed by atoms with Crippen LogP contribution in [-0.4, -0.2) is 62.1 Å². The minimum atomic E-state index is -0.0178. The molecule has 5 rings (SSSR count). The maximum Gasteiger partial charge on any atom is 0.246 e. The molecular formula is C28H35N3O4. The Kier molecular flexibility index (Phi) is 7.35. The van der Waals surface area contributed by atoms with Crippen molar-refractivity contribution in [2.75, 3.05) is 40.5 Å². The Hall–Kier alpha value is -2.90. The lowest BCUT2D eigenvalue weighted by Crippen LogP contribution is -2.46. The van der Waals surface area contributed by atoms with E-state index in [1.54, 1.807) is 19.2 Å². The minimum absolute atomic E-state index is 0.0178. The highest BCUT2D eigenvalue weighted by molar-refractivity contribution is 6.07. The average Bonchev–Trinajstić information content (AvgIpc) is 2.91. The monoisotopic (exact) mass is 477 g/mol. The summed E-state index contributed by atoms with van der Waals surface area (Å²) in [4.78, 5) is 16.0. The second-order valence-corrected chi connectivity index (χ2v) is 9.61. The largest absolute Gasteiger partial charge is 0.493 e. The van der Waals surface area contributed by atoms with Gasteiger partial charge in [-0.25, -0.2) is 5.01 Å². The van der Waals surface area contributed by atoms with Gasteiger partial charge in [-0.1, -0.05) is 37.1 Å². The van der Waals surface area contributed by atoms with Crippen LogP contribution in [0, 0.1) is 11.8 Å². The van der Waals surface area contributed by atoms with Gasteiger partial charge in [0.15, 0.2) is 11.5 Å². The van der Waals surface area contributed by atoms with Crippen LogP contribution in [0.25, 0.3) is 0 Å². The normalized spacial score (nSPS) is 23.0. The number of nitrogens with zero attached hydrogens (tertiary/aromatic N) is 3. The number of rotatable bonds is 7. The van der Waals surface area contributed by atoms with E-state index in [1.165, 1.54) is 5.56 Å². The standard InChI is InChI=1S/C28H35N3O4/c1-33-25-12-11-20(17-26(25)34-2)27-23-9-5-6-10-24(23)28(32)31(29-27)19-22-8-4-3-7-21(22)18-30-13-15-35-16-14-30/h3-4,7-8,11-12,17,23-24H,5-6,9-10,13-16,18-19H2,1-2H3/t23-,24+/m0/s1. The zero-order valence-corrected chi connectivity index (χ0v) is 20.7. The van der Waals surface area contributed by atoms with Crippen molar-refractivity contribution < 1.29 is 19.0 Å². The van der Waals surface area contributed by atoms with E-state index in [0.717, 1.165) is 75.4 Å². The number of methoxy groups -OCH3 is 2. The molecule has 2 heterocycles. The van der Waals surface area contributed by atoms with Gasteiger partial charge in [-0.3, -0.25) is 9.69 Å². The summed E-state index contributed by atoms with van der Waals surface area (Å²) in [5.74, 6) is 1.65. The number of ether oxygens (including phenoxy) is 3. The van der Waals surface area contributed by atoms with E-state index in [2.05, 4.69) is 29.2 Å². The highest BCUT2D eigenvalue weighted by Gasteiger charge is 2.41. The molecule has 0 N–H and O–H groups in total. The first-order valence-electron chi connectivity index (χ1n) is 12.7. The van der Waals surface area contributed by atoms with Gasteiger partial charge >= 0.3 is 0 Å². The molecule has 0 radical (unpaired) electrons. The molecule has 7 heteroatoms. The number of hydrogen-bond donors (Lipinski definition) is 0. The summed E-state index contributed by atoms with van der Waals surface area (Å²) in [7, 11) is 3.29. The second kappa shape index (κ2) is 10.8. The predicted molar refractivity (Wildman–Crippen MR) is 135 cm³/mol. The van der Waals surface area contributed by atoms with Gasteiger partial charge in [-0.2, -0.15) is 5.10 Å². The summed E-state index contributed by atoms with van der Waals surface area (Å²) in [6, 6.07) is 14.4. The number of hydrogen-bond acceptors (Lipinski definition) is 6. The quantitative estimate of drug-likeness (QED) is 0.601. The molecule has 0 bridgehead atoms. The van der Waals surface area contributed by atoms with Gasteiger partial charge in [-0.05, 0) is 42.2 Å². The first-order chi connectivity index (χ1) is 17.2. The molecular weight excluding hydrogens is 442 g/mol. The van der Waals surface area contributed by atoms with Crippen LogP contribution in [-0.2, 0) is 22.6 Å². The lowest BCUT2D eigenvalue weighted by Gasteiger charge is -2.39. The molecule has 7 nitrogen and oxygen atoms in total. The van der Waals surface area contributed by atoms with Crippen LogP contribution in [0.5, 0.6) is 11.5 Å². The fourth-order valence-corrected chi connectivity index (χ4v) is 5.61. The van der Waals surface area contributed by atoms with Crippen molar-refractivity contribution in [1.29, 1.82) is 0 Å². The molecule has 0 aromatic heterocycles. The molecule has 35 heavy (non-hydrogen) atoms. The lowest BCUT2D eigenvalue weighted by molar-refractivity contribution is -0.139. The van der Waals surface area contributed by atoms with Gasteiger partial charge < -0.3 is 14.2 Å². The van der Waals surface area contributed by atoms with E-state index in [-0.39, 0.29) is 17.7 Å². The second-order valence-electron chi connectivity index (χ2n) is 9.61. The van der Waals surface area contributed by atoms with Crippen molar-refractivity contribution in [2.24, 2.45) is 16.9 Å². The molecule has 2 aromatic carbocycles. The van der Waals surface area contributed by atoms with Crippen molar-refractivity contribution in [3.63, 3.8) is 0 Å².